The Bertz CT molecular complexity index is 1260. The highest BCUT2D eigenvalue weighted by molar-refractivity contribution is 6.30. The molecular weight excluding hydrogens is 512 g/mol. The fourth-order valence-corrected chi connectivity index (χ4v) is 4.67. The summed E-state index contributed by atoms with van der Waals surface area (Å²) in [6.45, 7) is 0.330. The molecule has 7 heteroatoms. The van der Waals surface area contributed by atoms with Gasteiger partial charge in [0.15, 0.2) is 0 Å². The van der Waals surface area contributed by atoms with Gasteiger partial charge in [-0.25, -0.2) is 0 Å². The summed E-state index contributed by atoms with van der Waals surface area (Å²) in [5.74, 6) is -1.70. The van der Waals surface area contributed by atoms with Crippen molar-refractivity contribution in [1.29, 1.82) is 0 Å². The summed E-state index contributed by atoms with van der Waals surface area (Å²) >= 11 is 5.93. The standard InChI is InChI=1S/C32H33ClN2O4/c33-28-17-15-24(16-18-28)21-34-30(36)20-27-14-8-7-13-26(19-23-9-3-1-4-10-23)31(37)35-29(22-39-32(27)38)25-11-5-2-6-12-25/h1-12,15-18,26-27,29H,13-14,19-22H2,(H,34,36)(H,35,37)/b8-7+/t26-,27+,29+/m1/s1. The zero-order chi connectivity index (χ0) is 27.5. The van der Waals surface area contributed by atoms with Gasteiger partial charge in [0.25, 0.3) is 0 Å². The lowest BCUT2D eigenvalue weighted by Gasteiger charge is -2.24. The number of cyclic esters (lactones) is 1. The van der Waals surface area contributed by atoms with Crippen molar-refractivity contribution in [2.24, 2.45) is 11.8 Å². The number of esters is 1. The van der Waals surface area contributed by atoms with E-state index in [9.17, 15) is 14.4 Å². The van der Waals surface area contributed by atoms with Crippen LogP contribution in [-0.2, 0) is 32.1 Å². The van der Waals surface area contributed by atoms with Crippen LogP contribution in [0.25, 0.3) is 0 Å². The molecule has 3 atom stereocenters. The molecule has 1 aliphatic rings. The Morgan fingerprint density at radius 1 is 0.846 bits per heavy atom. The summed E-state index contributed by atoms with van der Waals surface area (Å²) in [4.78, 5) is 39.2. The van der Waals surface area contributed by atoms with Crippen molar-refractivity contribution in [3.63, 3.8) is 0 Å². The Balaban J connectivity index is 1.48. The van der Waals surface area contributed by atoms with Gasteiger partial charge in [0, 0.05) is 23.9 Å². The van der Waals surface area contributed by atoms with E-state index in [0.717, 1.165) is 16.7 Å². The molecule has 0 unspecified atom stereocenters. The molecule has 0 fully saturated rings. The molecule has 39 heavy (non-hydrogen) atoms. The average molecular weight is 545 g/mol. The van der Waals surface area contributed by atoms with E-state index in [2.05, 4.69) is 10.6 Å². The molecule has 1 heterocycles. The normalized spacial score (nSPS) is 21.0. The zero-order valence-corrected chi connectivity index (χ0v) is 22.5. The first kappa shape index (κ1) is 28.1. The maximum Gasteiger partial charge on any atom is 0.309 e. The summed E-state index contributed by atoms with van der Waals surface area (Å²) in [7, 11) is 0. The molecule has 202 valence electrons. The Labute approximate surface area is 234 Å². The molecule has 2 amide bonds. The van der Waals surface area contributed by atoms with E-state index in [1.54, 1.807) is 12.1 Å². The summed E-state index contributed by atoms with van der Waals surface area (Å²) in [5.41, 5.74) is 2.85. The number of hydrogen-bond donors (Lipinski definition) is 2. The lowest BCUT2D eigenvalue weighted by Crippen LogP contribution is -2.38. The lowest BCUT2D eigenvalue weighted by atomic mass is 9.93. The van der Waals surface area contributed by atoms with E-state index in [1.807, 2.05) is 84.9 Å². The number of carbonyl (C=O) groups is 3. The van der Waals surface area contributed by atoms with Crippen molar-refractivity contribution in [3.8, 4) is 0 Å². The number of ether oxygens (including phenoxy) is 1. The maximum absolute atomic E-state index is 13.4. The van der Waals surface area contributed by atoms with Gasteiger partial charge in [0.05, 0.1) is 12.0 Å². The van der Waals surface area contributed by atoms with Gasteiger partial charge in [-0.05, 0) is 48.1 Å². The van der Waals surface area contributed by atoms with Crippen LogP contribution in [0.4, 0.5) is 0 Å². The fourth-order valence-electron chi connectivity index (χ4n) is 4.54. The molecule has 0 saturated carbocycles. The van der Waals surface area contributed by atoms with Gasteiger partial charge in [0.1, 0.15) is 6.61 Å². The van der Waals surface area contributed by atoms with Gasteiger partial charge in [-0.2, -0.15) is 0 Å². The first-order valence-electron chi connectivity index (χ1n) is 13.2. The number of rotatable bonds is 7. The number of nitrogens with one attached hydrogen (secondary N) is 2. The molecule has 3 aromatic rings. The third kappa shape index (κ3) is 8.82. The molecule has 2 N–H and O–H groups in total. The van der Waals surface area contributed by atoms with Crippen molar-refractivity contribution in [3.05, 3.63) is 119 Å². The second kappa shape index (κ2) is 14.3. The Morgan fingerprint density at radius 3 is 2.18 bits per heavy atom. The van der Waals surface area contributed by atoms with Gasteiger partial charge in [-0.1, -0.05) is 96.5 Å². The van der Waals surface area contributed by atoms with Crippen molar-refractivity contribution in [2.75, 3.05) is 6.61 Å². The van der Waals surface area contributed by atoms with Crippen LogP contribution in [0.1, 0.15) is 42.0 Å². The number of halogens is 1. The molecular formula is C32H33ClN2O4. The smallest absolute Gasteiger partial charge is 0.309 e. The van der Waals surface area contributed by atoms with Gasteiger partial charge in [0.2, 0.25) is 11.8 Å². The Kier molecular flexibility index (Phi) is 10.3. The van der Waals surface area contributed by atoms with Crippen LogP contribution in [0.15, 0.2) is 97.1 Å². The molecule has 0 bridgehead atoms. The van der Waals surface area contributed by atoms with E-state index in [0.29, 0.717) is 30.8 Å². The molecule has 1 aliphatic heterocycles. The third-order valence-corrected chi connectivity index (χ3v) is 7.03. The van der Waals surface area contributed by atoms with Crippen LogP contribution in [0.2, 0.25) is 5.02 Å². The molecule has 0 aliphatic carbocycles. The van der Waals surface area contributed by atoms with Crippen molar-refractivity contribution < 1.29 is 19.1 Å². The van der Waals surface area contributed by atoms with Crippen LogP contribution >= 0.6 is 11.6 Å². The molecule has 0 spiro atoms. The number of amides is 2. The van der Waals surface area contributed by atoms with Crippen LogP contribution in [0.3, 0.4) is 0 Å². The highest BCUT2D eigenvalue weighted by atomic mass is 35.5. The van der Waals surface area contributed by atoms with E-state index in [-0.39, 0.29) is 30.8 Å². The summed E-state index contributed by atoms with van der Waals surface area (Å²) < 4.78 is 5.69. The minimum atomic E-state index is -0.634. The predicted molar refractivity (Wildman–Crippen MR) is 152 cm³/mol. The number of allylic oxidation sites excluding steroid dienone is 2. The molecule has 0 saturated heterocycles. The Morgan fingerprint density at radius 2 is 1.49 bits per heavy atom. The topological polar surface area (TPSA) is 84.5 Å². The number of hydrogen-bond acceptors (Lipinski definition) is 4. The molecule has 6 nitrogen and oxygen atoms in total. The minimum Gasteiger partial charge on any atom is -0.463 e. The van der Waals surface area contributed by atoms with Gasteiger partial charge in [-0.15, -0.1) is 0 Å². The minimum absolute atomic E-state index is 0.00652. The van der Waals surface area contributed by atoms with E-state index in [1.165, 1.54) is 0 Å². The van der Waals surface area contributed by atoms with Crippen molar-refractivity contribution in [2.45, 2.75) is 38.3 Å². The fraction of sp³-hybridized carbons (Fsp3) is 0.281. The van der Waals surface area contributed by atoms with Gasteiger partial charge >= 0.3 is 5.97 Å². The van der Waals surface area contributed by atoms with E-state index < -0.39 is 17.9 Å². The zero-order valence-electron chi connectivity index (χ0n) is 21.7. The summed E-state index contributed by atoms with van der Waals surface area (Å²) in [6.07, 6.45) is 5.27. The van der Waals surface area contributed by atoms with Crippen LogP contribution < -0.4 is 10.6 Å². The lowest BCUT2D eigenvalue weighted by molar-refractivity contribution is -0.151. The van der Waals surface area contributed by atoms with Crippen molar-refractivity contribution in [1.82, 2.24) is 10.6 Å². The highest BCUT2D eigenvalue weighted by Crippen LogP contribution is 2.21. The highest BCUT2D eigenvalue weighted by Gasteiger charge is 2.27. The second-order valence-corrected chi connectivity index (χ2v) is 10.2. The number of benzene rings is 3. The molecule has 0 radical (unpaired) electrons. The van der Waals surface area contributed by atoms with Crippen LogP contribution in [0, 0.1) is 11.8 Å². The predicted octanol–water partition coefficient (Wildman–Crippen LogP) is 5.57. The first-order chi connectivity index (χ1) is 19.0. The Hall–Kier alpha value is -3.90. The summed E-state index contributed by atoms with van der Waals surface area (Å²) in [5, 5.41) is 6.61. The van der Waals surface area contributed by atoms with E-state index in [4.69, 9.17) is 16.3 Å². The SMILES string of the molecule is O=C(C[C@@H]1C/C=C/C[C@H](Cc2ccccc2)C(=O)N[C@H](c2ccccc2)COC1=O)NCc1ccc(Cl)cc1. The quantitative estimate of drug-likeness (QED) is 0.301. The summed E-state index contributed by atoms with van der Waals surface area (Å²) in [6, 6.07) is 26.1. The first-order valence-corrected chi connectivity index (χ1v) is 13.6. The largest absolute Gasteiger partial charge is 0.463 e. The maximum atomic E-state index is 13.4. The number of carbonyl (C=O) groups excluding carboxylic acids is 3. The monoisotopic (exact) mass is 544 g/mol. The average Bonchev–Trinajstić information content (AvgIpc) is 2.96. The van der Waals surface area contributed by atoms with Crippen LogP contribution in [-0.4, -0.2) is 24.4 Å². The van der Waals surface area contributed by atoms with Gasteiger partial charge < -0.3 is 15.4 Å². The van der Waals surface area contributed by atoms with Crippen molar-refractivity contribution >= 4 is 29.4 Å². The third-order valence-electron chi connectivity index (χ3n) is 6.78. The molecule has 0 aromatic heterocycles. The van der Waals surface area contributed by atoms with E-state index >= 15 is 0 Å². The van der Waals surface area contributed by atoms with Gasteiger partial charge in [-0.3, -0.25) is 14.4 Å². The molecule has 4 rings (SSSR count). The van der Waals surface area contributed by atoms with Crippen LogP contribution in [0.5, 0.6) is 0 Å². The second-order valence-electron chi connectivity index (χ2n) is 9.74. The molecule has 3 aromatic carbocycles.